The molecule has 0 saturated heterocycles. The average Bonchev–Trinajstić information content (AvgIpc) is 2.30. The van der Waals surface area contributed by atoms with Gasteiger partial charge in [0, 0.05) is 30.2 Å². The van der Waals surface area contributed by atoms with E-state index in [1.165, 1.54) is 5.56 Å². The number of nitrogens with zero attached hydrogens (tertiary/aromatic N) is 2. The van der Waals surface area contributed by atoms with Crippen LogP contribution in [0.3, 0.4) is 0 Å². The van der Waals surface area contributed by atoms with Crippen molar-refractivity contribution in [2.45, 2.75) is 13.5 Å². The number of aromatic nitrogens is 2. The van der Waals surface area contributed by atoms with Crippen LogP contribution in [0.5, 0.6) is 0 Å². The monoisotopic (exact) mass is 213 g/mol. The predicted molar refractivity (Wildman–Crippen MR) is 65.0 cm³/mol. The van der Waals surface area contributed by atoms with Gasteiger partial charge in [0.2, 0.25) is 0 Å². The van der Waals surface area contributed by atoms with Crippen LogP contribution in [0.15, 0.2) is 36.7 Å². The molecule has 0 spiro atoms. The Labute approximate surface area is 95.6 Å². The van der Waals surface area contributed by atoms with Crippen LogP contribution in [-0.4, -0.2) is 17.0 Å². The van der Waals surface area contributed by atoms with Gasteiger partial charge < -0.3 is 5.32 Å². The Hall–Kier alpha value is -1.74. The maximum absolute atomic E-state index is 4.44. The van der Waals surface area contributed by atoms with Crippen LogP contribution >= 0.6 is 0 Å². The van der Waals surface area contributed by atoms with Gasteiger partial charge in [0.1, 0.15) is 0 Å². The Bertz CT molecular complexity index is 463. The SMILES string of the molecule is CNCc1ccc(-c2ccnc(C)c2)nc1. The highest BCUT2D eigenvalue weighted by Crippen LogP contribution is 2.16. The third kappa shape index (κ3) is 2.44. The molecule has 0 aliphatic carbocycles. The summed E-state index contributed by atoms with van der Waals surface area (Å²) in [6, 6.07) is 8.16. The first kappa shape index (κ1) is 10.8. The third-order valence-electron chi connectivity index (χ3n) is 2.40. The topological polar surface area (TPSA) is 37.8 Å². The first-order chi connectivity index (χ1) is 7.79. The van der Waals surface area contributed by atoms with Gasteiger partial charge in [-0.1, -0.05) is 6.07 Å². The Morgan fingerprint density at radius 1 is 1.19 bits per heavy atom. The zero-order valence-corrected chi connectivity index (χ0v) is 9.57. The summed E-state index contributed by atoms with van der Waals surface area (Å²) in [6.07, 6.45) is 3.72. The molecule has 0 aromatic carbocycles. The van der Waals surface area contributed by atoms with Crippen molar-refractivity contribution in [3.05, 3.63) is 47.9 Å². The van der Waals surface area contributed by atoms with Crippen LogP contribution < -0.4 is 5.32 Å². The van der Waals surface area contributed by atoms with E-state index in [-0.39, 0.29) is 0 Å². The largest absolute Gasteiger partial charge is 0.316 e. The summed E-state index contributed by atoms with van der Waals surface area (Å²) in [5.74, 6) is 0. The Morgan fingerprint density at radius 3 is 2.69 bits per heavy atom. The van der Waals surface area contributed by atoms with Crippen molar-refractivity contribution in [3.63, 3.8) is 0 Å². The second kappa shape index (κ2) is 4.86. The lowest BCUT2D eigenvalue weighted by Gasteiger charge is -2.03. The van der Waals surface area contributed by atoms with E-state index in [2.05, 4.69) is 21.4 Å². The molecule has 0 bridgehead atoms. The highest BCUT2D eigenvalue weighted by molar-refractivity contribution is 5.58. The summed E-state index contributed by atoms with van der Waals surface area (Å²) < 4.78 is 0. The summed E-state index contributed by atoms with van der Waals surface area (Å²) in [6.45, 7) is 2.83. The maximum atomic E-state index is 4.44. The zero-order valence-electron chi connectivity index (χ0n) is 9.57. The van der Waals surface area contributed by atoms with Gasteiger partial charge in [-0.25, -0.2) is 0 Å². The summed E-state index contributed by atoms with van der Waals surface area (Å²) >= 11 is 0. The van der Waals surface area contributed by atoms with E-state index >= 15 is 0 Å². The molecule has 0 aliphatic rings. The number of hydrogen-bond acceptors (Lipinski definition) is 3. The lowest BCUT2D eigenvalue weighted by Crippen LogP contribution is -2.05. The number of hydrogen-bond donors (Lipinski definition) is 1. The van der Waals surface area contributed by atoms with Crippen molar-refractivity contribution in [3.8, 4) is 11.3 Å². The van der Waals surface area contributed by atoms with Gasteiger partial charge >= 0.3 is 0 Å². The molecule has 0 aliphatic heterocycles. The molecule has 0 saturated carbocycles. The van der Waals surface area contributed by atoms with Crippen LogP contribution in [0.25, 0.3) is 11.3 Å². The normalized spacial score (nSPS) is 10.4. The lowest BCUT2D eigenvalue weighted by molar-refractivity contribution is 0.813. The third-order valence-corrected chi connectivity index (χ3v) is 2.40. The van der Waals surface area contributed by atoms with Gasteiger partial charge in [-0.05, 0) is 37.7 Å². The van der Waals surface area contributed by atoms with Crippen LogP contribution in [-0.2, 0) is 6.54 Å². The van der Waals surface area contributed by atoms with Crippen molar-refractivity contribution in [2.24, 2.45) is 0 Å². The van der Waals surface area contributed by atoms with E-state index in [4.69, 9.17) is 0 Å². The minimum atomic E-state index is 0.850. The van der Waals surface area contributed by atoms with Gasteiger partial charge in [-0.2, -0.15) is 0 Å². The fourth-order valence-corrected chi connectivity index (χ4v) is 1.61. The molecule has 0 fully saturated rings. The molecular weight excluding hydrogens is 198 g/mol. The van der Waals surface area contributed by atoms with E-state index in [1.807, 2.05) is 44.6 Å². The number of rotatable bonds is 3. The minimum Gasteiger partial charge on any atom is -0.316 e. The van der Waals surface area contributed by atoms with Crippen molar-refractivity contribution >= 4 is 0 Å². The van der Waals surface area contributed by atoms with E-state index in [0.717, 1.165) is 23.5 Å². The number of aryl methyl sites for hydroxylation is 1. The molecule has 82 valence electrons. The molecule has 3 heteroatoms. The lowest BCUT2D eigenvalue weighted by atomic mass is 10.1. The minimum absolute atomic E-state index is 0.850. The van der Waals surface area contributed by atoms with Gasteiger partial charge in [0.05, 0.1) is 5.69 Å². The second-order valence-electron chi connectivity index (χ2n) is 3.77. The van der Waals surface area contributed by atoms with Crippen molar-refractivity contribution in [1.29, 1.82) is 0 Å². The molecule has 16 heavy (non-hydrogen) atoms. The summed E-state index contributed by atoms with van der Waals surface area (Å²) in [5.41, 5.74) is 4.31. The Balaban J connectivity index is 2.27. The second-order valence-corrected chi connectivity index (χ2v) is 3.77. The molecule has 3 nitrogen and oxygen atoms in total. The molecule has 2 rings (SSSR count). The van der Waals surface area contributed by atoms with Gasteiger partial charge in [0.25, 0.3) is 0 Å². The first-order valence-electron chi connectivity index (χ1n) is 5.32. The van der Waals surface area contributed by atoms with Gasteiger partial charge in [0.15, 0.2) is 0 Å². The zero-order chi connectivity index (χ0) is 11.4. The van der Waals surface area contributed by atoms with Crippen LogP contribution in [0, 0.1) is 6.92 Å². The van der Waals surface area contributed by atoms with Crippen LogP contribution in [0.1, 0.15) is 11.3 Å². The highest BCUT2D eigenvalue weighted by Gasteiger charge is 1.99. The van der Waals surface area contributed by atoms with Crippen LogP contribution in [0.4, 0.5) is 0 Å². The summed E-state index contributed by atoms with van der Waals surface area (Å²) in [5, 5.41) is 3.10. The van der Waals surface area contributed by atoms with Crippen molar-refractivity contribution < 1.29 is 0 Å². The number of nitrogens with one attached hydrogen (secondary N) is 1. The Morgan fingerprint density at radius 2 is 2.06 bits per heavy atom. The van der Waals surface area contributed by atoms with E-state index < -0.39 is 0 Å². The molecule has 0 amide bonds. The van der Waals surface area contributed by atoms with Gasteiger partial charge in [-0.3, -0.25) is 9.97 Å². The average molecular weight is 213 g/mol. The van der Waals surface area contributed by atoms with E-state index in [9.17, 15) is 0 Å². The summed E-state index contributed by atoms with van der Waals surface area (Å²) in [7, 11) is 1.93. The van der Waals surface area contributed by atoms with Crippen molar-refractivity contribution in [1.82, 2.24) is 15.3 Å². The molecule has 0 radical (unpaired) electrons. The fraction of sp³-hybridized carbons (Fsp3) is 0.231. The predicted octanol–water partition coefficient (Wildman–Crippen LogP) is 2.17. The van der Waals surface area contributed by atoms with E-state index in [0.29, 0.717) is 0 Å². The molecule has 2 aromatic heterocycles. The van der Waals surface area contributed by atoms with Crippen molar-refractivity contribution in [2.75, 3.05) is 7.05 Å². The van der Waals surface area contributed by atoms with Gasteiger partial charge in [-0.15, -0.1) is 0 Å². The Kier molecular flexibility index (Phi) is 3.27. The molecular formula is C13H15N3. The first-order valence-corrected chi connectivity index (χ1v) is 5.32. The van der Waals surface area contributed by atoms with E-state index in [1.54, 1.807) is 0 Å². The highest BCUT2D eigenvalue weighted by atomic mass is 14.8. The quantitative estimate of drug-likeness (QED) is 0.849. The fourth-order valence-electron chi connectivity index (χ4n) is 1.61. The molecule has 1 N–H and O–H groups in total. The molecule has 2 aromatic rings. The smallest absolute Gasteiger partial charge is 0.0703 e. The molecule has 2 heterocycles. The molecule has 0 atom stereocenters. The maximum Gasteiger partial charge on any atom is 0.0703 e. The molecule has 0 unspecified atom stereocenters. The number of pyridine rings is 2. The summed E-state index contributed by atoms with van der Waals surface area (Å²) in [4.78, 5) is 8.62. The standard InChI is InChI=1S/C13H15N3/c1-10-7-12(5-6-15-10)13-4-3-11(8-14-2)9-16-13/h3-7,9,14H,8H2,1-2H3. The van der Waals surface area contributed by atoms with Crippen LogP contribution in [0.2, 0.25) is 0 Å².